The monoisotopic (exact) mass is 258 g/mol. The molecule has 1 aliphatic heterocycles. The summed E-state index contributed by atoms with van der Waals surface area (Å²) in [7, 11) is -3.43. The second kappa shape index (κ2) is 4.40. The molecule has 0 spiro atoms. The van der Waals surface area contributed by atoms with Crippen molar-refractivity contribution in [1.29, 1.82) is 0 Å². The minimum atomic E-state index is -3.43. The second-order valence-electron chi connectivity index (χ2n) is 4.43. The van der Waals surface area contributed by atoms with Crippen molar-refractivity contribution < 1.29 is 8.42 Å². The molecular weight excluding hydrogens is 240 g/mol. The Bertz CT molecular complexity index is 489. The van der Waals surface area contributed by atoms with Crippen molar-refractivity contribution in [3.8, 4) is 0 Å². The maximum Gasteiger partial charge on any atom is 0.247 e. The number of hydrogen-bond acceptors (Lipinski definition) is 4. The summed E-state index contributed by atoms with van der Waals surface area (Å²) < 4.78 is 26.6. The molecule has 2 rings (SSSR count). The van der Waals surface area contributed by atoms with E-state index in [-0.39, 0.29) is 6.04 Å². The molecule has 0 radical (unpaired) electrons. The molecule has 0 saturated carbocycles. The molecule has 0 aromatic carbocycles. The molecule has 1 aromatic rings. The van der Waals surface area contributed by atoms with Crippen LogP contribution in [0, 0.1) is 13.8 Å². The molecule has 1 aliphatic rings. The largest absolute Gasteiger partial charge is 0.314 e. The lowest BCUT2D eigenvalue weighted by Crippen LogP contribution is -2.52. The summed E-state index contributed by atoms with van der Waals surface area (Å²) in [5.41, 5.74) is 1.14. The zero-order chi connectivity index (χ0) is 12.6. The van der Waals surface area contributed by atoms with Crippen LogP contribution in [0.5, 0.6) is 0 Å². The molecule has 0 amide bonds. The summed E-state index contributed by atoms with van der Waals surface area (Å²) in [6.45, 7) is 7.25. The van der Waals surface area contributed by atoms with Crippen molar-refractivity contribution in [2.75, 3.05) is 19.6 Å². The highest BCUT2D eigenvalue weighted by atomic mass is 32.2. The number of nitrogens with one attached hydrogen (secondary N) is 2. The van der Waals surface area contributed by atoms with E-state index in [0.29, 0.717) is 35.9 Å². The molecule has 0 bridgehead atoms. The van der Waals surface area contributed by atoms with Gasteiger partial charge in [0.2, 0.25) is 10.0 Å². The second-order valence-corrected chi connectivity index (χ2v) is 6.26. The van der Waals surface area contributed by atoms with Crippen molar-refractivity contribution in [2.45, 2.75) is 31.7 Å². The standard InChI is InChI=1S/C10H18N4O2S/c1-7-6-11-4-5-14(7)17(15,16)10-8(2)12-13-9(10)3/h7,11H,4-6H2,1-3H3,(H,12,13)/t7-/m0/s1. The highest BCUT2D eigenvalue weighted by Gasteiger charge is 2.34. The first-order chi connectivity index (χ1) is 7.94. The molecule has 1 saturated heterocycles. The number of sulfonamides is 1. The van der Waals surface area contributed by atoms with Crippen LogP contribution < -0.4 is 5.32 Å². The first-order valence-corrected chi connectivity index (χ1v) is 7.12. The molecule has 96 valence electrons. The Balaban J connectivity index is 2.42. The first kappa shape index (κ1) is 12.5. The number of aromatic amines is 1. The Morgan fingerprint density at radius 2 is 2.12 bits per heavy atom. The molecule has 6 nitrogen and oxygen atoms in total. The fourth-order valence-corrected chi connectivity index (χ4v) is 4.18. The maximum atomic E-state index is 12.5. The maximum absolute atomic E-state index is 12.5. The van der Waals surface area contributed by atoms with E-state index in [2.05, 4.69) is 15.5 Å². The highest BCUT2D eigenvalue weighted by molar-refractivity contribution is 7.89. The SMILES string of the molecule is Cc1n[nH]c(C)c1S(=O)(=O)N1CCNC[C@@H]1C. The number of hydrogen-bond donors (Lipinski definition) is 2. The van der Waals surface area contributed by atoms with Crippen LogP contribution in [0.25, 0.3) is 0 Å². The smallest absolute Gasteiger partial charge is 0.247 e. The molecule has 2 N–H and O–H groups in total. The lowest BCUT2D eigenvalue weighted by Gasteiger charge is -2.32. The van der Waals surface area contributed by atoms with Crippen LogP contribution in [-0.2, 0) is 10.0 Å². The average Bonchev–Trinajstić information content (AvgIpc) is 2.59. The third-order valence-corrected chi connectivity index (χ3v) is 5.34. The van der Waals surface area contributed by atoms with Crippen LogP contribution in [0.4, 0.5) is 0 Å². The van der Waals surface area contributed by atoms with Crippen molar-refractivity contribution in [3.05, 3.63) is 11.4 Å². The molecule has 1 fully saturated rings. The lowest BCUT2D eigenvalue weighted by atomic mass is 10.3. The van der Waals surface area contributed by atoms with Gasteiger partial charge in [-0.3, -0.25) is 5.10 Å². The lowest BCUT2D eigenvalue weighted by molar-refractivity contribution is 0.283. The van der Waals surface area contributed by atoms with E-state index in [1.807, 2.05) is 6.92 Å². The Kier molecular flexibility index (Phi) is 3.24. The molecule has 1 atom stereocenters. The van der Waals surface area contributed by atoms with E-state index in [4.69, 9.17) is 0 Å². The Labute approximate surface area is 101 Å². The van der Waals surface area contributed by atoms with E-state index < -0.39 is 10.0 Å². The Morgan fingerprint density at radius 3 is 2.65 bits per heavy atom. The summed E-state index contributed by atoms with van der Waals surface area (Å²) in [6, 6.07) is -0.0255. The number of aryl methyl sites for hydroxylation is 2. The van der Waals surface area contributed by atoms with Gasteiger partial charge in [0.25, 0.3) is 0 Å². The Hall–Kier alpha value is -0.920. The summed E-state index contributed by atoms with van der Waals surface area (Å²) in [4.78, 5) is 0.325. The van der Waals surface area contributed by atoms with Crippen LogP contribution in [0.15, 0.2) is 4.90 Å². The van der Waals surface area contributed by atoms with Crippen LogP contribution in [0.1, 0.15) is 18.3 Å². The van der Waals surface area contributed by atoms with Crippen LogP contribution in [0.2, 0.25) is 0 Å². The van der Waals surface area contributed by atoms with Gasteiger partial charge in [0.1, 0.15) is 4.90 Å². The normalized spacial score (nSPS) is 22.9. The summed E-state index contributed by atoms with van der Waals surface area (Å²) in [5.74, 6) is 0. The van der Waals surface area contributed by atoms with E-state index in [0.717, 1.165) is 0 Å². The average molecular weight is 258 g/mol. The highest BCUT2D eigenvalue weighted by Crippen LogP contribution is 2.23. The van der Waals surface area contributed by atoms with Gasteiger partial charge in [-0.25, -0.2) is 8.42 Å². The van der Waals surface area contributed by atoms with Gasteiger partial charge in [0.15, 0.2) is 0 Å². The molecule has 17 heavy (non-hydrogen) atoms. The van der Waals surface area contributed by atoms with Crippen molar-refractivity contribution in [3.63, 3.8) is 0 Å². The number of aromatic nitrogens is 2. The van der Waals surface area contributed by atoms with Gasteiger partial charge in [-0.05, 0) is 20.8 Å². The molecule has 0 unspecified atom stereocenters. The summed E-state index contributed by atoms with van der Waals surface area (Å²) in [5, 5.41) is 9.86. The molecular formula is C10H18N4O2S. The zero-order valence-electron chi connectivity index (χ0n) is 10.3. The van der Waals surface area contributed by atoms with E-state index >= 15 is 0 Å². The summed E-state index contributed by atoms with van der Waals surface area (Å²) in [6.07, 6.45) is 0. The fraction of sp³-hybridized carbons (Fsp3) is 0.700. The van der Waals surface area contributed by atoms with Crippen LogP contribution in [-0.4, -0.2) is 48.6 Å². The third kappa shape index (κ3) is 2.10. The van der Waals surface area contributed by atoms with Crippen molar-refractivity contribution >= 4 is 10.0 Å². The van der Waals surface area contributed by atoms with E-state index in [9.17, 15) is 8.42 Å². The minimum absolute atomic E-state index is 0.0255. The van der Waals surface area contributed by atoms with Crippen molar-refractivity contribution in [1.82, 2.24) is 19.8 Å². The minimum Gasteiger partial charge on any atom is -0.314 e. The number of piperazine rings is 1. The zero-order valence-corrected chi connectivity index (χ0v) is 11.1. The van der Waals surface area contributed by atoms with Gasteiger partial charge in [0.05, 0.1) is 11.4 Å². The molecule has 7 heteroatoms. The first-order valence-electron chi connectivity index (χ1n) is 5.68. The number of nitrogens with zero attached hydrogens (tertiary/aromatic N) is 2. The predicted octanol–water partition coefficient (Wildman–Crippen LogP) is 0.00894. The molecule has 0 aliphatic carbocycles. The third-order valence-electron chi connectivity index (χ3n) is 3.07. The van der Waals surface area contributed by atoms with Gasteiger partial charge in [0, 0.05) is 25.7 Å². The molecule has 1 aromatic heterocycles. The van der Waals surface area contributed by atoms with Gasteiger partial charge in [-0.2, -0.15) is 9.40 Å². The summed E-state index contributed by atoms with van der Waals surface area (Å²) >= 11 is 0. The topological polar surface area (TPSA) is 78.1 Å². The van der Waals surface area contributed by atoms with Gasteiger partial charge < -0.3 is 5.32 Å². The van der Waals surface area contributed by atoms with Crippen LogP contribution >= 0.6 is 0 Å². The number of H-pyrrole nitrogens is 1. The van der Waals surface area contributed by atoms with Gasteiger partial charge in [-0.15, -0.1) is 0 Å². The fourth-order valence-electron chi connectivity index (χ4n) is 2.22. The van der Waals surface area contributed by atoms with Crippen LogP contribution in [0.3, 0.4) is 0 Å². The molecule has 2 heterocycles. The van der Waals surface area contributed by atoms with Gasteiger partial charge in [-0.1, -0.05) is 0 Å². The van der Waals surface area contributed by atoms with Crippen molar-refractivity contribution in [2.24, 2.45) is 0 Å². The number of rotatable bonds is 2. The Morgan fingerprint density at radius 1 is 1.41 bits per heavy atom. The quantitative estimate of drug-likeness (QED) is 0.783. The van der Waals surface area contributed by atoms with E-state index in [1.165, 1.54) is 0 Å². The predicted molar refractivity (Wildman–Crippen MR) is 64.3 cm³/mol. The van der Waals surface area contributed by atoms with Gasteiger partial charge >= 0.3 is 0 Å². The van der Waals surface area contributed by atoms with E-state index in [1.54, 1.807) is 18.2 Å².